The average molecular weight is 617 g/mol. The highest BCUT2D eigenvalue weighted by Gasteiger charge is 2.28. The third kappa shape index (κ3) is 5.41. The molecule has 0 spiro atoms. The molecule has 1 fully saturated rings. The molecule has 3 aromatic carbocycles. The Bertz CT molecular complexity index is 1950. The van der Waals surface area contributed by atoms with Crippen molar-refractivity contribution in [1.29, 1.82) is 0 Å². The van der Waals surface area contributed by atoms with E-state index in [1.165, 1.54) is 16.4 Å². The van der Waals surface area contributed by atoms with Crippen LogP contribution in [0.1, 0.15) is 15.9 Å². The van der Waals surface area contributed by atoms with Crippen molar-refractivity contribution in [3.05, 3.63) is 77.9 Å². The van der Waals surface area contributed by atoms with Crippen LogP contribution in [0.3, 0.4) is 0 Å². The molecule has 0 bridgehead atoms. The average Bonchev–Trinajstić information content (AvgIpc) is 3.34. The molecule has 13 heteroatoms. The van der Waals surface area contributed by atoms with Gasteiger partial charge in [0, 0.05) is 25.3 Å². The van der Waals surface area contributed by atoms with E-state index in [0.29, 0.717) is 78.7 Å². The van der Waals surface area contributed by atoms with E-state index in [0.717, 1.165) is 5.56 Å². The van der Waals surface area contributed by atoms with Gasteiger partial charge in [0.1, 0.15) is 16.9 Å². The van der Waals surface area contributed by atoms with Crippen LogP contribution in [0.25, 0.3) is 27.9 Å². The number of nitrogen functional groups attached to an aromatic ring is 1. The number of anilines is 1. The van der Waals surface area contributed by atoms with Gasteiger partial charge in [-0.05, 0) is 60.5 Å². The number of fused-ring (bicyclic) bond motifs is 2. The molecule has 12 nitrogen and oxygen atoms in total. The summed E-state index contributed by atoms with van der Waals surface area (Å²) in [5, 5.41) is 2.96. The number of amides is 1. The lowest BCUT2D eigenvalue weighted by molar-refractivity contribution is 0.0730. The number of carbonyl (C=O) groups excluding carboxylic acids is 1. The molecule has 6 rings (SSSR count). The number of nitrogens with zero attached hydrogens (tertiary/aromatic N) is 4. The Hall–Kier alpha value is -4.72. The molecular weight excluding hydrogens is 584 g/mol. The first-order valence-electron chi connectivity index (χ1n) is 14.1. The van der Waals surface area contributed by atoms with Gasteiger partial charge in [-0.2, -0.15) is 4.31 Å². The molecular formula is C31H32N6O6S. The number of nitrogens with two attached hydrogens (primary N) is 1. The standard InChI is InChI=1S/C31H32N6O6S/c1-41-25-12-7-20(19-26(25)42-2)13-14-33-31(38)27-28-30(35-24-6-4-3-5-23(24)34-28)37(29(27)32)21-8-10-22(11-9-21)44(39,40)36-15-17-43-18-16-36/h3-12,19H,13-18,32H2,1-2H3,(H,33,38). The second-order valence-corrected chi connectivity index (χ2v) is 12.1. The molecule has 1 saturated heterocycles. The molecule has 3 N–H and O–H groups in total. The largest absolute Gasteiger partial charge is 0.493 e. The molecule has 0 atom stereocenters. The molecule has 2 aromatic heterocycles. The fourth-order valence-electron chi connectivity index (χ4n) is 5.29. The van der Waals surface area contributed by atoms with Gasteiger partial charge in [0.15, 0.2) is 17.1 Å². The zero-order valence-corrected chi connectivity index (χ0v) is 25.1. The third-order valence-corrected chi connectivity index (χ3v) is 9.49. The van der Waals surface area contributed by atoms with Crippen LogP contribution in [0, 0.1) is 0 Å². The normalized spacial score (nSPS) is 14.1. The van der Waals surface area contributed by atoms with Gasteiger partial charge >= 0.3 is 0 Å². The topological polar surface area (TPSA) is 151 Å². The van der Waals surface area contributed by atoms with Crippen LogP contribution >= 0.6 is 0 Å². The van der Waals surface area contributed by atoms with Crippen molar-refractivity contribution < 1.29 is 27.4 Å². The molecule has 0 unspecified atom stereocenters. The van der Waals surface area contributed by atoms with E-state index in [-0.39, 0.29) is 16.3 Å². The molecule has 3 heterocycles. The van der Waals surface area contributed by atoms with Crippen LogP contribution in [0.15, 0.2) is 71.6 Å². The first-order valence-corrected chi connectivity index (χ1v) is 15.5. The van der Waals surface area contributed by atoms with Crippen molar-refractivity contribution in [2.75, 3.05) is 52.8 Å². The molecule has 44 heavy (non-hydrogen) atoms. The lowest BCUT2D eigenvalue weighted by atomic mass is 10.1. The Morgan fingerprint density at radius 1 is 0.955 bits per heavy atom. The summed E-state index contributed by atoms with van der Waals surface area (Å²) in [6.45, 7) is 1.64. The fourth-order valence-corrected chi connectivity index (χ4v) is 6.70. The summed E-state index contributed by atoms with van der Waals surface area (Å²) < 4.78 is 45.4. The zero-order chi connectivity index (χ0) is 30.8. The van der Waals surface area contributed by atoms with Gasteiger partial charge in [0.05, 0.1) is 43.4 Å². The maximum Gasteiger partial charge on any atom is 0.257 e. The van der Waals surface area contributed by atoms with Gasteiger partial charge < -0.3 is 25.3 Å². The van der Waals surface area contributed by atoms with Gasteiger partial charge in [0.2, 0.25) is 10.0 Å². The fraction of sp³-hybridized carbons (Fsp3) is 0.258. The Kier molecular flexibility index (Phi) is 8.08. The minimum atomic E-state index is -3.69. The van der Waals surface area contributed by atoms with E-state index >= 15 is 0 Å². The van der Waals surface area contributed by atoms with Gasteiger partial charge in [-0.3, -0.25) is 9.36 Å². The number of rotatable bonds is 9. The monoisotopic (exact) mass is 616 g/mol. The Morgan fingerprint density at radius 3 is 2.32 bits per heavy atom. The third-order valence-electron chi connectivity index (χ3n) is 7.57. The molecule has 1 aliphatic heterocycles. The van der Waals surface area contributed by atoms with Crippen molar-refractivity contribution in [2.24, 2.45) is 0 Å². The van der Waals surface area contributed by atoms with Crippen molar-refractivity contribution in [2.45, 2.75) is 11.3 Å². The van der Waals surface area contributed by atoms with Crippen LogP contribution in [-0.2, 0) is 21.2 Å². The van der Waals surface area contributed by atoms with Crippen molar-refractivity contribution in [3.8, 4) is 17.2 Å². The van der Waals surface area contributed by atoms with E-state index in [2.05, 4.69) is 5.32 Å². The van der Waals surface area contributed by atoms with Gasteiger partial charge in [-0.25, -0.2) is 18.4 Å². The molecule has 1 aliphatic rings. The van der Waals surface area contributed by atoms with Crippen LogP contribution in [0.5, 0.6) is 11.5 Å². The number of carbonyl (C=O) groups is 1. The Morgan fingerprint density at radius 2 is 1.64 bits per heavy atom. The molecule has 1 amide bonds. The van der Waals surface area contributed by atoms with E-state index in [1.807, 2.05) is 42.5 Å². The van der Waals surface area contributed by atoms with Crippen molar-refractivity contribution >= 4 is 43.9 Å². The van der Waals surface area contributed by atoms with Crippen molar-refractivity contribution in [3.63, 3.8) is 0 Å². The molecule has 0 radical (unpaired) electrons. The van der Waals surface area contributed by atoms with Gasteiger partial charge in [0.25, 0.3) is 5.91 Å². The number of ether oxygens (including phenoxy) is 3. The smallest absolute Gasteiger partial charge is 0.257 e. The van der Waals surface area contributed by atoms with Gasteiger partial charge in [-0.1, -0.05) is 18.2 Å². The quantitative estimate of drug-likeness (QED) is 0.255. The predicted molar refractivity (Wildman–Crippen MR) is 166 cm³/mol. The number of nitrogens with one attached hydrogen (secondary N) is 1. The second-order valence-electron chi connectivity index (χ2n) is 10.2. The summed E-state index contributed by atoms with van der Waals surface area (Å²) in [5.74, 6) is 0.971. The van der Waals surface area contributed by atoms with Crippen LogP contribution in [0.4, 0.5) is 5.82 Å². The second kappa shape index (κ2) is 12.1. The summed E-state index contributed by atoms with van der Waals surface area (Å²) in [6.07, 6.45) is 0.540. The first-order chi connectivity index (χ1) is 21.3. The maximum atomic E-state index is 13.6. The predicted octanol–water partition coefficient (Wildman–Crippen LogP) is 3.17. The number of aromatic nitrogens is 3. The highest BCUT2D eigenvalue weighted by Crippen LogP contribution is 2.32. The molecule has 228 valence electrons. The Labute approximate surface area is 254 Å². The zero-order valence-electron chi connectivity index (χ0n) is 24.3. The lowest BCUT2D eigenvalue weighted by Crippen LogP contribution is -2.40. The van der Waals surface area contributed by atoms with Crippen LogP contribution in [-0.4, -0.2) is 80.2 Å². The SMILES string of the molecule is COc1ccc(CCNC(=O)c2c(N)n(-c3ccc(S(=O)(=O)N4CCOCC4)cc3)c3nc4ccccc4nc23)cc1OC. The van der Waals surface area contributed by atoms with Crippen molar-refractivity contribution in [1.82, 2.24) is 24.2 Å². The number of para-hydroxylation sites is 2. The summed E-state index contributed by atoms with van der Waals surface area (Å²) >= 11 is 0. The van der Waals surface area contributed by atoms with Crippen LogP contribution < -0.4 is 20.5 Å². The highest BCUT2D eigenvalue weighted by atomic mass is 32.2. The van der Waals surface area contributed by atoms with E-state index < -0.39 is 15.9 Å². The summed E-state index contributed by atoms with van der Waals surface area (Å²) in [4.78, 5) is 23.3. The number of benzene rings is 3. The number of hydrogen-bond acceptors (Lipinski definition) is 9. The molecule has 0 aliphatic carbocycles. The van der Waals surface area contributed by atoms with E-state index in [4.69, 9.17) is 29.9 Å². The van der Waals surface area contributed by atoms with E-state index in [9.17, 15) is 13.2 Å². The lowest BCUT2D eigenvalue weighted by Gasteiger charge is -2.26. The van der Waals surface area contributed by atoms with Gasteiger partial charge in [-0.15, -0.1) is 0 Å². The molecule has 5 aromatic rings. The Balaban J connectivity index is 1.33. The maximum absolute atomic E-state index is 13.6. The minimum Gasteiger partial charge on any atom is -0.493 e. The number of morpholine rings is 1. The number of hydrogen-bond donors (Lipinski definition) is 2. The van der Waals surface area contributed by atoms with Crippen LogP contribution in [0.2, 0.25) is 0 Å². The number of methoxy groups -OCH3 is 2. The first kappa shape index (κ1) is 29.4. The minimum absolute atomic E-state index is 0.141. The summed E-state index contributed by atoms with van der Waals surface area (Å²) in [5.41, 5.74) is 10.3. The number of sulfonamides is 1. The summed E-state index contributed by atoms with van der Waals surface area (Å²) in [7, 11) is -0.538. The molecule has 0 saturated carbocycles. The summed E-state index contributed by atoms with van der Waals surface area (Å²) in [6, 6.07) is 19.3. The highest BCUT2D eigenvalue weighted by molar-refractivity contribution is 7.89. The van der Waals surface area contributed by atoms with E-state index in [1.54, 1.807) is 30.9 Å².